The minimum atomic E-state index is -0.223. The summed E-state index contributed by atoms with van der Waals surface area (Å²) in [7, 11) is 0. The molecule has 3 rings (SSSR count). The molecule has 2 unspecified atom stereocenters. The van der Waals surface area contributed by atoms with Gasteiger partial charge in [-0.2, -0.15) is 0 Å². The second-order valence-corrected chi connectivity index (χ2v) is 6.01. The van der Waals surface area contributed by atoms with Crippen LogP contribution in [0.15, 0.2) is 46.9 Å². The number of ether oxygens (including phenoxy) is 1. The number of nitrogens with one attached hydrogen (secondary N) is 1. The van der Waals surface area contributed by atoms with Gasteiger partial charge < -0.3 is 10.1 Å². The second kappa shape index (κ2) is 6.16. The van der Waals surface area contributed by atoms with Crippen molar-refractivity contribution in [3.63, 3.8) is 0 Å². The van der Waals surface area contributed by atoms with Crippen LogP contribution in [0.4, 0.5) is 4.39 Å². The highest BCUT2D eigenvalue weighted by molar-refractivity contribution is 9.10. The zero-order chi connectivity index (χ0) is 14.8. The van der Waals surface area contributed by atoms with E-state index < -0.39 is 0 Å². The Morgan fingerprint density at radius 1 is 1.24 bits per heavy atom. The van der Waals surface area contributed by atoms with Gasteiger partial charge in [-0.05, 0) is 30.8 Å². The average Bonchev–Trinajstić information content (AvgIpc) is 2.48. The first kappa shape index (κ1) is 14.5. The fourth-order valence-electron chi connectivity index (χ4n) is 2.81. The standard InChI is InChI=1S/C17H17BrFNO/c1-2-20-15-10-17(12-5-3-4-6-14(12)18)21-16-8-7-11(19)9-13(15)16/h3-9,15,17,20H,2,10H2,1H3. The molecule has 0 fully saturated rings. The molecule has 1 heterocycles. The van der Waals surface area contributed by atoms with Gasteiger partial charge in [-0.1, -0.05) is 41.1 Å². The van der Waals surface area contributed by atoms with Crippen molar-refractivity contribution in [2.24, 2.45) is 0 Å². The predicted octanol–water partition coefficient (Wildman–Crippen LogP) is 4.76. The third-order valence-electron chi connectivity index (χ3n) is 3.77. The first-order chi connectivity index (χ1) is 10.2. The number of hydrogen-bond acceptors (Lipinski definition) is 2. The lowest BCUT2D eigenvalue weighted by atomic mass is 9.93. The second-order valence-electron chi connectivity index (χ2n) is 5.16. The number of halogens is 2. The van der Waals surface area contributed by atoms with E-state index in [0.717, 1.165) is 34.3 Å². The maximum atomic E-state index is 13.5. The molecule has 2 atom stereocenters. The largest absolute Gasteiger partial charge is 0.485 e. The molecule has 0 amide bonds. The molecule has 0 saturated heterocycles. The molecule has 0 bridgehead atoms. The normalized spacial score (nSPS) is 20.7. The Morgan fingerprint density at radius 2 is 2.05 bits per heavy atom. The molecule has 0 aliphatic carbocycles. The van der Waals surface area contributed by atoms with Crippen molar-refractivity contribution in [1.82, 2.24) is 5.32 Å². The van der Waals surface area contributed by atoms with Crippen molar-refractivity contribution in [3.05, 3.63) is 63.9 Å². The van der Waals surface area contributed by atoms with Gasteiger partial charge in [0.1, 0.15) is 17.7 Å². The zero-order valence-corrected chi connectivity index (χ0v) is 13.4. The Hall–Kier alpha value is -1.39. The Kier molecular flexibility index (Phi) is 4.27. The van der Waals surface area contributed by atoms with Crippen molar-refractivity contribution in [1.29, 1.82) is 0 Å². The lowest BCUT2D eigenvalue weighted by Crippen LogP contribution is -2.29. The SMILES string of the molecule is CCNC1CC(c2ccccc2Br)Oc2ccc(F)cc21. The molecule has 2 aromatic carbocycles. The fraction of sp³-hybridized carbons (Fsp3) is 0.294. The molecule has 2 nitrogen and oxygen atoms in total. The molecule has 0 spiro atoms. The van der Waals surface area contributed by atoms with E-state index in [1.165, 1.54) is 6.07 Å². The van der Waals surface area contributed by atoms with Crippen LogP contribution in [0.3, 0.4) is 0 Å². The highest BCUT2D eigenvalue weighted by Crippen LogP contribution is 2.42. The Bertz CT molecular complexity index is 646. The monoisotopic (exact) mass is 349 g/mol. The smallest absolute Gasteiger partial charge is 0.127 e. The predicted molar refractivity (Wildman–Crippen MR) is 84.9 cm³/mol. The van der Waals surface area contributed by atoms with E-state index >= 15 is 0 Å². The summed E-state index contributed by atoms with van der Waals surface area (Å²) < 4.78 is 20.6. The summed E-state index contributed by atoms with van der Waals surface area (Å²) in [6, 6.07) is 12.9. The van der Waals surface area contributed by atoms with Crippen LogP contribution in [0.1, 0.15) is 36.6 Å². The van der Waals surface area contributed by atoms with E-state index in [1.807, 2.05) is 18.2 Å². The van der Waals surface area contributed by atoms with E-state index in [0.29, 0.717) is 0 Å². The first-order valence-electron chi connectivity index (χ1n) is 7.13. The number of rotatable bonds is 3. The Balaban J connectivity index is 1.98. The van der Waals surface area contributed by atoms with Gasteiger partial charge in [0, 0.05) is 28.1 Å². The quantitative estimate of drug-likeness (QED) is 0.862. The number of hydrogen-bond donors (Lipinski definition) is 1. The molecular weight excluding hydrogens is 333 g/mol. The molecule has 110 valence electrons. The van der Waals surface area contributed by atoms with E-state index in [4.69, 9.17) is 4.74 Å². The van der Waals surface area contributed by atoms with Crippen molar-refractivity contribution < 1.29 is 9.13 Å². The lowest BCUT2D eigenvalue weighted by molar-refractivity contribution is 0.151. The molecular formula is C17H17BrFNO. The van der Waals surface area contributed by atoms with Crippen molar-refractivity contribution in [3.8, 4) is 5.75 Å². The Morgan fingerprint density at radius 3 is 2.81 bits per heavy atom. The summed E-state index contributed by atoms with van der Waals surface area (Å²) >= 11 is 3.58. The summed E-state index contributed by atoms with van der Waals surface area (Å²) in [5.74, 6) is 0.536. The topological polar surface area (TPSA) is 21.3 Å². The minimum Gasteiger partial charge on any atom is -0.485 e. The van der Waals surface area contributed by atoms with E-state index in [9.17, 15) is 4.39 Å². The summed E-state index contributed by atoms with van der Waals surface area (Å²) in [5, 5.41) is 3.43. The van der Waals surface area contributed by atoms with Gasteiger partial charge in [0.25, 0.3) is 0 Å². The van der Waals surface area contributed by atoms with Crippen LogP contribution in [-0.4, -0.2) is 6.54 Å². The molecule has 0 aromatic heterocycles. The van der Waals surface area contributed by atoms with Gasteiger partial charge >= 0.3 is 0 Å². The van der Waals surface area contributed by atoms with Gasteiger partial charge in [-0.15, -0.1) is 0 Å². The van der Waals surface area contributed by atoms with Gasteiger partial charge in [0.05, 0.1) is 0 Å². The molecule has 21 heavy (non-hydrogen) atoms. The Labute approximate surface area is 132 Å². The molecule has 1 N–H and O–H groups in total. The third kappa shape index (κ3) is 2.97. The molecule has 0 saturated carbocycles. The summed E-state index contributed by atoms with van der Waals surface area (Å²) in [6.45, 7) is 2.89. The van der Waals surface area contributed by atoms with E-state index in [1.54, 1.807) is 12.1 Å². The average molecular weight is 350 g/mol. The molecule has 1 aliphatic heterocycles. The molecule has 4 heteroatoms. The molecule has 0 radical (unpaired) electrons. The minimum absolute atomic E-state index is 0.0393. The highest BCUT2D eigenvalue weighted by atomic mass is 79.9. The van der Waals surface area contributed by atoms with Gasteiger partial charge in [0.15, 0.2) is 0 Å². The van der Waals surface area contributed by atoms with Gasteiger partial charge in [-0.25, -0.2) is 4.39 Å². The van der Waals surface area contributed by atoms with Gasteiger partial charge in [0.2, 0.25) is 0 Å². The maximum Gasteiger partial charge on any atom is 0.127 e. The van der Waals surface area contributed by atoms with Gasteiger partial charge in [-0.3, -0.25) is 0 Å². The van der Waals surface area contributed by atoms with Crippen LogP contribution in [0.2, 0.25) is 0 Å². The van der Waals surface area contributed by atoms with Crippen LogP contribution < -0.4 is 10.1 Å². The summed E-state index contributed by atoms with van der Waals surface area (Å²) in [5.41, 5.74) is 2.02. The summed E-state index contributed by atoms with van der Waals surface area (Å²) in [4.78, 5) is 0. The summed E-state index contributed by atoms with van der Waals surface area (Å²) in [6.07, 6.45) is 0.745. The van der Waals surface area contributed by atoms with Crippen LogP contribution in [0.5, 0.6) is 5.75 Å². The lowest BCUT2D eigenvalue weighted by Gasteiger charge is -2.33. The van der Waals surface area contributed by atoms with Crippen LogP contribution in [0.25, 0.3) is 0 Å². The number of fused-ring (bicyclic) bond motifs is 1. The third-order valence-corrected chi connectivity index (χ3v) is 4.49. The zero-order valence-electron chi connectivity index (χ0n) is 11.8. The van der Waals surface area contributed by atoms with Crippen LogP contribution >= 0.6 is 15.9 Å². The van der Waals surface area contributed by atoms with Crippen LogP contribution in [-0.2, 0) is 0 Å². The highest BCUT2D eigenvalue weighted by Gasteiger charge is 2.30. The maximum absolute atomic E-state index is 13.5. The molecule has 2 aromatic rings. The van der Waals surface area contributed by atoms with Crippen LogP contribution in [0, 0.1) is 5.82 Å². The van der Waals surface area contributed by atoms with E-state index in [-0.39, 0.29) is 18.0 Å². The first-order valence-corrected chi connectivity index (χ1v) is 7.92. The fourth-order valence-corrected chi connectivity index (χ4v) is 3.35. The molecule has 1 aliphatic rings. The van der Waals surface area contributed by atoms with E-state index in [2.05, 4.69) is 34.2 Å². The number of benzene rings is 2. The van der Waals surface area contributed by atoms with Crippen molar-refractivity contribution in [2.75, 3.05) is 6.54 Å². The van der Waals surface area contributed by atoms with Crippen molar-refractivity contribution in [2.45, 2.75) is 25.5 Å². The van der Waals surface area contributed by atoms with Crippen molar-refractivity contribution >= 4 is 15.9 Å².